The van der Waals surface area contributed by atoms with E-state index in [1.807, 2.05) is 6.92 Å². The monoisotopic (exact) mass is 208 g/mol. The van der Waals surface area contributed by atoms with Crippen LogP contribution in [-0.4, -0.2) is 16.2 Å². The molecule has 0 spiro atoms. The Hall–Kier alpha value is -1.35. The van der Waals surface area contributed by atoms with Crippen molar-refractivity contribution in [3.8, 4) is 0 Å². The van der Waals surface area contributed by atoms with Crippen LogP contribution in [0.2, 0.25) is 0 Å². The molecule has 3 heteroatoms. The van der Waals surface area contributed by atoms with Crippen LogP contribution < -0.4 is 0 Å². The van der Waals surface area contributed by atoms with Crippen LogP contribution in [0.15, 0.2) is 30.3 Å². The van der Waals surface area contributed by atoms with Gasteiger partial charge in [0.2, 0.25) is 0 Å². The van der Waals surface area contributed by atoms with Crippen molar-refractivity contribution in [1.29, 1.82) is 0 Å². The smallest absolute Gasteiger partial charge is 0.340 e. The van der Waals surface area contributed by atoms with Crippen molar-refractivity contribution in [3.63, 3.8) is 0 Å². The van der Waals surface area contributed by atoms with Crippen LogP contribution >= 0.6 is 0 Å². The molecule has 0 heterocycles. The van der Waals surface area contributed by atoms with Crippen molar-refractivity contribution < 1.29 is 15.0 Å². The predicted molar refractivity (Wildman–Crippen MR) is 57.5 cm³/mol. The number of aliphatic carboxylic acids is 1. The summed E-state index contributed by atoms with van der Waals surface area (Å²) >= 11 is 0. The molecule has 0 aromatic heterocycles. The fourth-order valence-electron chi connectivity index (χ4n) is 1.52. The van der Waals surface area contributed by atoms with Crippen LogP contribution in [0.25, 0.3) is 0 Å². The Balaban J connectivity index is 2.96. The largest absolute Gasteiger partial charge is 0.479 e. The number of carboxylic acid groups (broad SMARTS) is 1. The molecule has 0 radical (unpaired) electrons. The molecule has 1 rings (SSSR count). The van der Waals surface area contributed by atoms with Crippen LogP contribution in [-0.2, 0) is 10.4 Å². The van der Waals surface area contributed by atoms with E-state index in [4.69, 9.17) is 5.11 Å². The number of rotatable bonds is 5. The van der Waals surface area contributed by atoms with Gasteiger partial charge in [0, 0.05) is 0 Å². The van der Waals surface area contributed by atoms with Gasteiger partial charge < -0.3 is 10.2 Å². The molecule has 1 aromatic rings. The van der Waals surface area contributed by atoms with Gasteiger partial charge in [0.15, 0.2) is 5.60 Å². The molecular formula is C12H16O3. The second-order valence-electron chi connectivity index (χ2n) is 3.64. The minimum absolute atomic E-state index is 0.253. The van der Waals surface area contributed by atoms with E-state index in [2.05, 4.69) is 0 Å². The molecule has 0 aliphatic heterocycles. The molecule has 3 nitrogen and oxygen atoms in total. The fourth-order valence-corrected chi connectivity index (χ4v) is 1.52. The van der Waals surface area contributed by atoms with E-state index in [0.717, 1.165) is 6.42 Å². The predicted octanol–water partition coefficient (Wildman–Crippen LogP) is 2.15. The van der Waals surface area contributed by atoms with Gasteiger partial charge >= 0.3 is 5.97 Å². The number of benzene rings is 1. The van der Waals surface area contributed by atoms with Crippen molar-refractivity contribution >= 4 is 5.97 Å². The van der Waals surface area contributed by atoms with Crippen molar-refractivity contribution in [3.05, 3.63) is 35.9 Å². The van der Waals surface area contributed by atoms with Crippen LogP contribution in [0.1, 0.15) is 31.7 Å². The van der Waals surface area contributed by atoms with Gasteiger partial charge in [0.05, 0.1) is 0 Å². The molecule has 0 aliphatic rings. The number of unbranched alkanes of at least 4 members (excludes halogenated alkanes) is 1. The highest BCUT2D eigenvalue weighted by Gasteiger charge is 2.36. The van der Waals surface area contributed by atoms with Gasteiger partial charge in [-0.15, -0.1) is 0 Å². The minimum atomic E-state index is -1.74. The van der Waals surface area contributed by atoms with E-state index < -0.39 is 11.6 Å². The highest BCUT2D eigenvalue weighted by molar-refractivity contribution is 5.79. The molecule has 1 aromatic carbocycles. The van der Waals surface area contributed by atoms with Crippen LogP contribution in [0.4, 0.5) is 0 Å². The second kappa shape index (κ2) is 4.94. The summed E-state index contributed by atoms with van der Waals surface area (Å²) in [7, 11) is 0. The summed E-state index contributed by atoms with van der Waals surface area (Å²) < 4.78 is 0. The lowest BCUT2D eigenvalue weighted by Crippen LogP contribution is -2.35. The summed E-state index contributed by atoms with van der Waals surface area (Å²) in [5, 5.41) is 19.2. The van der Waals surface area contributed by atoms with Gasteiger partial charge in [-0.1, -0.05) is 43.7 Å². The Labute approximate surface area is 89.4 Å². The fraction of sp³-hybridized carbons (Fsp3) is 0.417. The quantitative estimate of drug-likeness (QED) is 0.779. The van der Waals surface area contributed by atoms with Crippen molar-refractivity contribution in [1.82, 2.24) is 0 Å². The number of hydrogen-bond acceptors (Lipinski definition) is 2. The maximum absolute atomic E-state index is 11.1. The van der Waals surface area contributed by atoms with Crippen LogP contribution in [0, 0.1) is 0 Å². The molecule has 1 atom stereocenters. The lowest BCUT2D eigenvalue weighted by atomic mass is 9.89. The second-order valence-corrected chi connectivity index (χ2v) is 3.64. The van der Waals surface area contributed by atoms with Gasteiger partial charge in [-0.05, 0) is 18.4 Å². The summed E-state index contributed by atoms with van der Waals surface area (Å²) in [4.78, 5) is 11.1. The van der Waals surface area contributed by atoms with Gasteiger partial charge in [-0.25, -0.2) is 4.79 Å². The average Bonchev–Trinajstić information content (AvgIpc) is 2.27. The zero-order chi connectivity index (χ0) is 11.3. The first-order valence-corrected chi connectivity index (χ1v) is 5.12. The maximum Gasteiger partial charge on any atom is 0.340 e. The Morgan fingerprint density at radius 1 is 1.33 bits per heavy atom. The molecule has 0 saturated carbocycles. The lowest BCUT2D eigenvalue weighted by molar-refractivity contribution is -0.160. The van der Waals surface area contributed by atoms with Gasteiger partial charge in [-0.3, -0.25) is 0 Å². The zero-order valence-corrected chi connectivity index (χ0v) is 8.81. The van der Waals surface area contributed by atoms with Gasteiger partial charge in [-0.2, -0.15) is 0 Å². The number of carboxylic acids is 1. The molecular weight excluding hydrogens is 192 g/mol. The number of hydrogen-bond donors (Lipinski definition) is 2. The normalized spacial score (nSPS) is 14.5. The summed E-state index contributed by atoms with van der Waals surface area (Å²) in [6.07, 6.45) is 1.81. The van der Waals surface area contributed by atoms with E-state index >= 15 is 0 Å². The average molecular weight is 208 g/mol. The third-order valence-electron chi connectivity index (χ3n) is 2.50. The molecule has 0 unspecified atom stereocenters. The molecule has 0 amide bonds. The first kappa shape index (κ1) is 11.7. The molecule has 2 N–H and O–H groups in total. The van der Waals surface area contributed by atoms with Gasteiger partial charge in [0.1, 0.15) is 0 Å². The zero-order valence-electron chi connectivity index (χ0n) is 8.81. The lowest BCUT2D eigenvalue weighted by Gasteiger charge is -2.23. The Bertz CT molecular complexity index is 321. The summed E-state index contributed by atoms with van der Waals surface area (Å²) in [6, 6.07) is 8.55. The Morgan fingerprint density at radius 2 is 1.93 bits per heavy atom. The molecule has 0 fully saturated rings. The highest BCUT2D eigenvalue weighted by Crippen LogP contribution is 2.27. The molecule has 0 aliphatic carbocycles. The van der Waals surface area contributed by atoms with E-state index in [0.29, 0.717) is 12.0 Å². The molecule has 0 bridgehead atoms. The van der Waals surface area contributed by atoms with Crippen LogP contribution in [0.5, 0.6) is 0 Å². The van der Waals surface area contributed by atoms with Crippen LogP contribution in [0.3, 0.4) is 0 Å². The molecule has 0 saturated heterocycles. The van der Waals surface area contributed by atoms with E-state index in [-0.39, 0.29) is 6.42 Å². The molecule has 82 valence electrons. The Kier molecular flexibility index (Phi) is 3.86. The van der Waals surface area contributed by atoms with E-state index in [1.165, 1.54) is 0 Å². The van der Waals surface area contributed by atoms with E-state index in [1.54, 1.807) is 30.3 Å². The first-order chi connectivity index (χ1) is 7.11. The maximum atomic E-state index is 11.1. The van der Waals surface area contributed by atoms with Gasteiger partial charge in [0.25, 0.3) is 0 Å². The minimum Gasteiger partial charge on any atom is -0.479 e. The van der Waals surface area contributed by atoms with Crippen molar-refractivity contribution in [2.24, 2.45) is 0 Å². The first-order valence-electron chi connectivity index (χ1n) is 5.12. The third kappa shape index (κ3) is 2.57. The number of aliphatic hydroxyl groups is 1. The summed E-state index contributed by atoms with van der Waals surface area (Å²) in [5.74, 6) is -1.18. The SMILES string of the molecule is CCCC[C@@](O)(C(=O)O)c1ccccc1. The molecule has 15 heavy (non-hydrogen) atoms. The summed E-state index contributed by atoms with van der Waals surface area (Å²) in [6.45, 7) is 1.97. The van der Waals surface area contributed by atoms with Crippen molar-refractivity contribution in [2.75, 3.05) is 0 Å². The van der Waals surface area contributed by atoms with E-state index in [9.17, 15) is 9.90 Å². The highest BCUT2D eigenvalue weighted by atomic mass is 16.4. The van der Waals surface area contributed by atoms with Crippen molar-refractivity contribution in [2.45, 2.75) is 31.8 Å². The topological polar surface area (TPSA) is 57.5 Å². The number of carbonyl (C=O) groups is 1. The third-order valence-corrected chi connectivity index (χ3v) is 2.50. The summed E-state index contributed by atoms with van der Waals surface area (Å²) in [5.41, 5.74) is -1.29. The standard InChI is InChI=1S/C12H16O3/c1-2-3-9-12(15,11(13)14)10-7-5-4-6-8-10/h4-8,15H,2-3,9H2,1H3,(H,13,14)/t12-/m0/s1. The Morgan fingerprint density at radius 3 is 2.40 bits per heavy atom.